The number of sulfonamides is 2. The summed E-state index contributed by atoms with van der Waals surface area (Å²) in [6, 6.07) is 30.9. The lowest BCUT2D eigenvalue weighted by molar-refractivity contribution is 0.391. The molecule has 4 aromatic carbocycles. The van der Waals surface area contributed by atoms with Crippen LogP contribution in [-0.4, -0.2) is 85.1 Å². The average molecular weight is 1040 g/mol. The number of methoxy groups -OCH3 is 4. The van der Waals surface area contributed by atoms with E-state index >= 15 is 0 Å². The molecule has 22 heteroatoms. The second kappa shape index (κ2) is 29.2. The Morgan fingerprint density at radius 3 is 1.39 bits per heavy atom. The number of hydrogen-bond acceptors (Lipinski definition) is 17. The molecule has 0 bridgehead atoms. The first kappa shape index (κ1) is 58.3. The maximum absolute atomic E-state index is 13.4. The number of benzene rings is 4. The minimum Gasteiger partial charge on any atom is -0.497 e. The normalized spacial score (nSPS) is 10.3. The molecule has 382 valence electrons. The molecule has 0 saturated heterocycles. The van der Waals surface area contributed by atoms with Crippen LogP contribution < -0.4 is 33.3 Å². The Morgan fingerprint density at radius 1 is 0.528 bits per heavy atom. The third-order valence-electron chi connectivity index (χ3n) is 9.35. The van der Waals surface area contributed by atoms with Crippen LogP contribution in [0.5, 0.6) is 23.0 Å². The fourth-order valence-corrected chi connectivity index (χ4v) is 8.17. The number of ether oxygens (including phenoxy) is 4. The molecule has 0 saturated carbocycles. The summed E-state index contributed by atoms with van der Waals surface area (Å²) in [4.78, 5) is 31.7. The van der Waals surface area contributed by atoms with E-state index in [2.05, 4.69) is 49.9 Å². The molecule has 0 radical (unpaired) electrons. The zero-order valence-corrected chi connectivity index (χ0v) is 41.3. The van der Waals surface area contributed by atoms with E-state index in [0.29, 0.717) is 34.8 Å². The van der Waals surface area contributed by atoms with Gasteiger partial charge in [0.15, 0.2) is 0 Å². The number of aryl methyl sites for hydroxylation is 2. The fraction of sp³-hybridized carbons (Fsp3) is 0.200. The summed E-state index contributed by atoms with van der Waals surface area (Å²) >= 11 is 5.32. The number of anilines is 3. The highest BCUT2D eigenvalue weighted by Gasteiger charge is 2.28. The highest BCUT2D eigenvalue weighted by molar-refractivity contribution is 7.93. The van der Waals surface area contributed by atoms with Gasteiger partial charge in [0.05, 0.1) is 44.8 Å². The summed E-state index contributed by atoms with van der Waals surface area (Å²) in [5, 5.41) is 3.42. The van der Waals surface area contributed by atoms with Crippen LogP contribution in [0.25, 0.3) is 0 Å². The van der Waals surface area contributed by atoms with Gasteiger partial charge >= 0.3 is 0 Å². The summed E-state index contributed by atoms with van der Waals surface area (Å²) in [5.74, 6) is 3.41. The first-order valence-corrected chi connectivity index (χ1v) is 24.1. The molecule has 8 rings (SSSR count). The summed E-state index contributed by atoms with van der Waals surface area (Å²) in [7, 11) is -1.15. The number of rotatable bonds is 15. The van der Waals surface area contributed by atoms with Gasteiger partial charge in [-0.05, 0) is 98.2 Å². The van der Waals surface area contributed by atoms with Crippen LogP contribution in [0.3, 0.4) is 0 Å². The lowest BCUT2D eigenvalue weighted by Gasteiger charge is -2.23. The average Bonchev–Trinajstić information content (AvgIpc) is 3.39. The maximum Gasteiger partial charge on any atom is 0.266 e. The van der Waals surface area contributed by atoms with E-state index < -0.39 is 20.0 Å². The molecular weight excluding hydrogens is 982 g/mol. The molecule has 0 fully saturated rings. The van der Waals surface area contributed by atoms with E-state index in [9.17, 15) is 16.8 Å². The standard InChI is InChI=1S/C20H21N3O4S.C13H15N3O2.C11H11N3O2S.C4H3ClN2.2CH4.H2/c1-15-5-9-18(10-6-15)28(24,25)23(20-21-11-4-12-22-20)14-16-7-8-17(26-2)13-19(16)27-3;1-17-11-5-4-10(12(8-11)18-2)9-16-13-14-6-3-7-15-13;1-9-3-5-10(6-4-9)17(15,16)14-11-12-7-2-8-13-11;5-4-6-2-1-3-7-4;;;/h4-13H,14H2,1-3H3;3-8H,9H2,1-2H3,(H,14,15,16);2-8H,1H3,(H,12,13,14);1-3H;2*1H4;1H/i;;;;;;1+1. The van der Waals surface area contributed by atoms with Gasteiger partial charge in [-0.1, -0.05) is 50.2 Å². The van der Waals surface area contributed by atoms with Gasteiger partial charge in [-0.3, -0.25) is 0 Å². The Balaban J connectivity index is 0.000000355. The smallest absolute Gasteiger partial charge is 0.266 e. The van der Waals surface area contributed by atoms with E-state index in [0.717, 1.165) is 28.2 Å². The van der Waals surface area contributed by atoms with Crippen molar-refractivity contribution in [3.05, 3.63) is 186 Å². The molecule has 0 unspecified atom stereocenters. The van der Waals surface area contributed by atoms with Crippen molar-refractivity contribution in [2.45, 2.75) is 51.6 Å². The lowest BCUT2D eigenvalue weighted by atomic mass is 10.2. The van der Waals surface area contributed by atoms with Gasteiger partial charge in [-0.2, -0.15) is 0 Å². The molecule has 0 spiro atoms. The Kier molecular flexibility index (Phi) is 23.7. The Hall–Kier alpha value is -8.01. The molecule has 8 aromatic rings. The SMILES string of the molecule is C.C.COc1ccc(CN(c2ncccn2)S(=O)(=O)c2ccc(C)cc2)c(OC)c1.COc1ccc(CNc2ncccn2)c(OC)c1.Cc1ccc(S(=O)(=O)Nc2ncccn2)cc1.Clc1ncccn1.[2HH]. The van der Waals surface area contributed by atoms with Gasteiger partial charge in [0, 0.05) is 80.8 Å². The molecular formula is C50H60ClN11O8S2. The van der Waals surface area contributed by atoms with E-state index in [-0.39, 0.29) is 44.5 Å². The molecule has 72 heavy (non-hydrogen) atoms. The molecule has 0 aliphatic rings. The minimum absolute atomic E-state index is 0. The zero-order valence-electron chi connectivity index (χ0n) is 38.9. The van der Waals surface area contributed by atoms with Crippen molar-refractivity contribution in [2.75, 3.05) is 42.8 Å². The zero-order chi connectivity index (χ0) is 50.4. The number of hydrogen-bond donors (Lipinski definition) is 2. The van der Waals surface area contributed by atoms with E-state index in [1.165, 1.54) is 36.2 Å². The van der Waals surface area contributed by atoms with Gasteiger partial charge in [0.2, 0.25) is 23.1 Å². The predicted octanol–water partition coefficient (Wildman–Crippen LogP) is 9.54. The monoisotopic (exact) mass is 1040 g/mol. The third kappa shape index (κ3) is 17.7. The molecule has 0 amide bonds. The van der Waals surface area contributed by atoms with Crippen LogP contribution in [0.4, 0.5) is 17.8 Å². The van der Waals surface area contributed by atoms with Crippen LogP contribution in [0.15, 0.2) is 169 Å². The van der Waals surface area contributed by atoms with Gasteiger partial charge in [-0.15, -0.1) is 0 Å². The molecule has 19 nitrogen and oxygen atoms in total. The topological polar surface area (TPSA) is 236 Å². The summed E-state index contributed by atoms with van der Waals surface area (Å²) in [5.41, 5.74) is 3.65. The van der Waals surface area contributed by atoms with Gasteiger partial charge in [-0.25, -0.2) is 65.7 Å². The van der Waals surface area contributed by atoms with Crippen LogP contribution in [0, 0.1) is 13.8 Å². The van der Waals surface area contributed by atoms with Crippen molar-refractivity contribution in [1.29, 1.82) is 0 Å². The van der Waals surface area contributed by atoms with E-state index in [4.69, 9.17) is 30.5 Å². The summed E-state index contributed by atoms with van der Waals surface area (Å²) in [6.45, 7) is 4.39. The first-order valence-electron chi connectivity index (χ1n) is 20.8. The van der Waals surface area contributed by atoms with E-state index in [1.54, 1.807) is 137 Å². The molecule has 0 aliphatic heterocycles. The predicted molar refractivity (Wildman–Crippen MR) is 282 cm³/mol. The molecule has 0 aliphatic carbocycles. The molecule has 4 aromatic heterocycles. The summed E-state index contributed by atoms with van der Waals surface area (Å²) < 4.78 is 75.1. The van der Waals surface area contributed by atoms with Gasteiger partial charge in [0.25, 0.3) is 20.0 Å². The van der Waals surface area contributed by atoms with Crippen molar-refractivity contribution in [3.8, 4) is 23.0 Å². The van der Waals surface area contributed by atoms with Gasteiger partial charge in [0.1, 0.15) is 23.0 Å². The van der Waals surface area contributed by atoms with E-state index in [1.807, 2.05) is 32.0 Å². The number of halogens is 1. The Bertz CT molecular complexity index is 3060. The lowest BCUT2D eigenvalue weighted by Crippen LogP contribution is -2.32. The summed E-state index contributed by atoms with van der Waals surface area (Å²) in [6.07, 6.45) is 12.5. The largest absolute Gasteiger partial charge is 0.497 e. The van der Waals surface area contributed by atoms with Crippen LogP contribution in [-0.2, 0) is 33.1 Å². The van der Waals surface area contributed by atoms with Crippen molar-refractivity contribution < 1.29 is 37.2 Å². The number of nitrogens with one attached hydrogen (secondary N) is 2. The van der Waals surface area contributed by atoms with Crippen molar-refractivity contribution in [1.82, 2.24) is 39.9 Å². The van der Waals surface area contributed by atoms with Gasteiger partial charge < -0.3 is 24.3 Å². The number of nitrogens with zero attached hydrogens (tertiary/aromatic N) is 9. The quantitative estimate of drug-likeness (QED) is 0.0909. The van der Waals surface area contributed by atoms with Crippen molar-refractivity contribution in [2.24, 2.45) is 0 Å². The highest BCUT2D eigenvalue weighted by atomic mass is 35.5. The maximum atomic E-state index is 13.4. The third-order valence-corrected chi connectivity index (χ3v) is 12.6. The second-order valence-electron chi connectivity index (χ2n) is 14.2. The fourth-order valence-electron chi connectivity index (χ4n) is 5.75. The van der Waals surface area contributed by atoms with Crippen LogP contribution in [0.2, 0.25) is 5.28 Å². The molecule has 0 atom stereocenters. The number of aromatic nitrogens is 8. The molecule has 2 N–H and O–H groups in total. The van der Waals surface area contributed by atoms with Crippen molar-refractivity contribution >= 4 is 49.5 Å². The Morgan fingerprint density at radius 2 is 0.944 bits per heavy atom. The molecule has 4 heterocycles. The first-order chi connectivity index (χ1) is 33.8. The van der Waals surface area contributed by atoms with Crippen LogP contribution >= 0.6 is 11.6 Å². The highest BCUT2D eigenvalue weighted by Crippen LogP contribution is 2.30. The minimum atomic E-state index is -3.89. The second-order valence-corrected chi connectivity index (χ2v) is 18.0. The van der Waals surface area contributed by atoms with Crippen molar-refractivity contribution in [3.63, 3.8) is 0 Å². The van der Waals surface area contributed by atoms with Crippen LogP contribution in [0.1, 0.15) is 38.5 Å². The Labute approximate surface area is 428 Å².